The van der Waals surface area contributed by atoms with Crippen molar-refractivity contribution in [2.24, 2.45) is 7.05 Å². The first-order chi connectivity index (χ1) is 16.0. The fraction of sp³-hybridized carbons (Fsp3) is 0.125. The number of benzene rings is 2. The van der Waals surface area contributed by atoms with Crippen molar-refractivity contribution in [2.75, 3.05) is 5.32 Å². The van der Waals surface area contributed by atoms with Crippen molar-refractivity contribution in [1.82, 2.24) is 15.1 Å². The second kappa shape index (κ2) is 10.2. The van der Waals surface area contributed by atoms with Crippen molar-refractivity contribution in [3.63, 3.8) is 0 Å². The van der Waals surface area contributed by atoms with Gasteiger partial charge in [0.05, 0.1) is 24.7 Å². The van der Waals surface area contributed by atoms with Crippen LogP contribution in [0.1, 0.15) is 32.2 Å². The molecule has 168 valence electrons. The van der Waals surface area contributed by atoms with Gasteiger partial charge in [0.1, 0.15) is 23.8 Å². The summed E-state index contributed by atoms with van der Waals surface area (Å²) in [5, 5.41) is 9.65. The second-order valence-electron chi connectivity index (χ2n) is 7.19. The first-order valence-electron chi connectivity index (χ1n) is 10.1. The number of nitrogens with zero attached hydrogens (tertiary/aromatic N) is 2. The minimum Gasteiger partial charge on any atom is -0.489 e. The first-order valence-corrected chi connectivity index (χ1v) is 10.9. The third-order valence-corrected chi connectivity index (χ3v) is 5.29. The van der Waals surface area contributed by atoms with Crippen LogP contribution in [-0.2, 0) is 20.2 Å². The van der Waals surface area contributed by atoms with Gasteiger partial charge in [0.15, 0.2) is 0 Å². The van der Waals surface area contributed by atoms with Crippen LogP contribution in [-0.4, -0.2) is 21.6 Å². The normalized spacial score (nSPS) is 10.6. The number of anilines is 1. The summed E-state index contributed by atoms with van der Waals surface area (Å²) in [5.41, 5.74) is 1.83. The van der Waals surface area contributed by atoms with Gasteiger partial charge in [-0.15, -0.1) is 0 Å². The molecule has 0 radical (unpaired) electrons. The number of rotatable bonds is 8. The maximum atomic E-state index is 12.9. The predicted molar refractivity (Wildman–Crippen MR) is 126 cm³/mol. The largest absolute Gasteiger partial charge is 0.489 e. The molecule has 33 heavy (non-hydrogen) atoms. The highest BCUT2D eigenvalue weighted by atomic mass is 79.9. The molecular formula is C24H21BrN4O4. The van der Waals surface area contributed by atoms with Crippen LogP contribution in [0.25, 0.3) is 0 Å². The van der Waals surface area contributed by atoms with Crippen molar-refractivity contribution in [3.05, 3.63) is 100 Å². The number of aryl methyl sites for hydroxylation is 1. The number of carbonyl (C=O) groups excluding carboxylic acids is 2. The van der Waals surface area contributed by atoms with Gasteiger partial charge < -0.3 is 19.8 Å². The molecule has 0 saturated heterocycles. The van der Waals surface area contributed by atoms with Crippen LogP contribution < -0.4 is 15.4 Å². The van der Waals surface area contributed by atoms with E-state index in [2.05, 4.69) is 31.7 Å². The first kappa shape index (κ1) is 22.3. The molecule has 8 nitrogen and oxygen atoms in total. The lowest BCUT2D eigenvalue weighted by molar-refractivity contribution is 0.0939. The number of amides is 2. The smallest absolute Gasteiger partial charge is 0.272 e. The Morgan fingerprint density at radius 3 is 2.73 bits per heavy atom. The maximum absolute atomic E-state index is 12.9. The zero-order chi connectivity index (χ0) is 23.2. The predicted octanol–water partition coefficient (Wildman–Crippen LogP) is 4.54. The molecule has 0 aliphatic rings. The number of hydrogen-bond acceptors (Lipinski definition) is 5. The number of halogens is 1. The summed E-state index contributed by atoms with van der Waals surface area (Å²) in [5.74, 6) is 0.614. The fourth-order valence-corrected chi connectivity index (χ4v) is 3.56. The lowest BCUT2D eigenvalue weighted by Crippen LogP contribution is -2.26. The van der Waals surface area contributed by atoms with Crippen molar-refractivity contribution >= 4 is 33.4 Å². The standard InChI is InChI=1S/C24H21BrN4O4/c1-29-22(24(31)26-13-20-9-4-10-32-20)21(14-27-29)28-23(30)17-6-2-5-16(11-17)15-33-19-8-3-7-18(25)12-19/h2-12,14H,13,15H2,1H3,(H,26,31)(H,28,30). The Bertz CT molecular complexity index is 1270. The van der Waals surface area contributed by atoms with Gasteiger partial charge in [0.25, 0.3) is 11.8 Å². The van der Waals surface area contributed by atoms with Gasteiger partial charge in [-0.05, 0) is 48.0 Å². The Morgan fingerprint density at radius 1 is 1.09 bits per heavy atom. The number of aromatic nitrogens is 2. The summed E-state index contributed by atoms with van der Waals surface area (Å²) in [6.45, 7) is 0.537. The monoisotopic (exact) mass is 508 g/mol. The fourth-order valence-electron chi connectivity index (χ4n) is 3.18. The van der Waals surface area contributed by atoms with Crippen molar-refractivity contribution < 1.29 is 18.7 Å². The van der Waals surface area contributed by atoms with E-state index in [9.17, 15) is 9.59 Å². The summed E-state index contributed by atoms with van der Waals surface area (Å²) in [7, 11) is 1.64. The third kappa shape index (κ3) is 5.69. The van der Waals surface area contributed by atoms with Crippen molar-refractivity contribution in [1.29, 1.82) is 0 Å². The van der Waals surface area contributed by atoms with Gasteiger partial charge >= 0.3 is 0 Å². The molecular weight excluding hydrogens is 488 g/mol. The summed E-state index contributed by atoms with van der Waals surface area (Å²) in [6, 6.07) is 18.2. The van der Waals surface area contributed by atoms with E-state index in [1.54, 1.807) is 37.4 Å². The van der Waals surface area contributed by atoms with E-state index in [1.165, 1.54) is 17.1 Å². The molecule has 0 saturated carbocycles. The van der Waals surface area contributed by atoms with E-state index in [0.717, 1.165) is 15.8 Å². The van der Waals surface area contributed by atoms with E-state index >= 15 is 0 Å². The van der Waals surface area contributed by atoms with Crippen molar-refractivity contribution in [3.8, 4) is 5.75 Å². The summed E-state index contributed by atoms with van der Waals surface area (Å²) >= 11 is 3.42. The molecule has 2 amide bonds. The molecule has 0 atom stereocenters. The highest BCUT2D eigenvalue weighted by Crippen LogP contribution is 2.20. The minimum atomic E-state index is -0.377. The number of carbonyl (C=O) groups is 2. The average Bonchev–Trinajstić information content (AvgIpc) is 3.46. The van der Waals surface area contributed by atoms with Gasteiger partial charge in [0, 0.05) is 17.1 Å². The minimum absolute atomic E-state index is 0.227. The Kier molecular flexibility index (Phi) is 6.89. The Morgan fingerprint density at radius 2 is 1.94 bits per heavy atom. The van der Waals surface area contributed by atoms with Crippen LogP contribution in [0, 0.1) is 0 Å². The molecule has 4 rings (SSSR count). The molecule has 2 N–H and O–H groups in total. The molecule has 2 aromatic carbocycles. The maximum Gasteiger partial charge on any atom is 0.272 e. The molecule has 2 aromatic heterocycles. The van der Waals surface area contributed by atoms with Crippen molar-refractivity contribution in [2.45, 2.75) is 13.2 Å². The zero-order valence-electron chi connectivity index (χ0n) is 17.7. The van der Waals surface area contributed by atoms with Crippen LogP contribution in [0.5, 0.6) is 5.75 Å². The van der Waals surface area contributed by atoms with Gasteiger partial charge in [-0.1, -0.05) is 34.1 Å². The average molecular weight is 509 g/mol. The van der Waals surface area contributed by atoms with Gasteiger partial charge in [-0.3, -0.25) is 14.3 Å². The van der Waals surface area contributed by atoms with E-state index in [1.807, 2.05) is 30.3 Å². The third-order valence-electron chi connectivity index (χ3n) is 4.80. The van der Waals surface area contributed by atoms with E-state index in [0.29, 0.717) is 23.6 Å². The molecule has 0 unspecified atom stereocenters. The van der Waals surface area contributed by atoms with Gasteiger partial charge in [-0.2, -0.15) is 5.10 Å². The van der Waals surface area contributed by atoms with Gasteiger partial charge in [-0.25, -0.2) is 0 Å². The Balaban J connectivity index is 1.42. The molecule has 4 aromatic rings. The molecule has 0 fully saturated rings. The summed E-state index contributed by atoms with van der Waals surface area (Å²) < 4.78 is 13.4. The number of nitrogens with one attached hydrogen (secondary N) is 2. The lowest BCUT2D eigenvalue weighted by atomic mass is 10.1. The van der Waals surface area contributed by atoms with Crippen LogP contribution in [0.3, 0.4) is 0 Å². The van der Waals surface area contributed by atoms with Crippen LogP contribution in [0.2, 0.25) is 0 Å². The van der Waals surface area contributed by atoms with E-state index in [4.69, 9.17) is 9.15 Å². The van der Waals surface area contributed by atoms with Crippen LogP contribution in [0.15, 0.2) is 82.0 Å². The van der Waals surface area contributed by atoms with Crippen LogP contribution >= 0.6 is 15.9 Å². The summed E-state index contributed by atoms with van der Waals surface area (Å²) in [6.07, 6.45) is 2.98. The van der Waals surface area contributed by atoms with E-state index < -0.39 is 0 Å². The Hall–Kier alpha value is -3.85. The molecule has 0 bridgehead atoms. The molecule has 0 spiro atoms. The molecule has 0 aliphatic heterocycles. The molecule has 2 heterocycles. The zero-order valence-corrected chi connectivity index (χ0v) is 19.3. The second-order valence-corrected chi connectivity index (χ2v) is 8.11. The quantitative estimate of drug-likeness (QED) is 0.364. The van der Waals surface area contributed by atoms with E-state index in [-0.39, 0.29) is 24.1 Å². The number of ether oxygens (including phenoxy) is 1. The molecule has 0 aliphatic carbocycles. The molecule has 9 heteroatoms. The highest BCUT2D eigenvalue weighted by molar-refractivity contribution is 9.10. The van der Waals surface area contributed by atoms with Gasteiger partial charge in [0.2, 0.25) is 0 Å². The topological polar surface area (TPSA) is 98.4 Å². The summed E-state index contributed by atoms with van der Waals surface area (Å²) in [4.78, 5) is 25.5. The number of furan rings is 1. The highest BCUT2D eigenvalue weighted by Gasteiger charge is 2.19. The SMILES string of the molecule is Cn1ncc(NC(=O)c2cccc(COc3cccc(Br)c3)c2)c1C(=O)NCc1ccco1. The Labute approximate surface area is 198 Å². The lowest BCUT2D eigenvalue weighted by Gasteiger charge is -2.10. The number of hydrogen-bond donors (Lipinski definition) is 2. The van der Waals surface area contributed by atoms with Crippen LogP contribution in [0.4, 0.5) is 5.69 Å².